The van der Waals surface area contributed by atoms with E-state index in [0.29, 0.717) is 29.2 Å². The third kappa shape index (κ3) is 3.81. The van der Waals surface area contributed by atoms with Crippen molar-refractivity contribution in [1.82, 2.24) is 0 Å². The van der Waals surface area contributed by atoms with Crippen molar-refractivity contribution in [3.05, 3.63) is 71.8 Å². The van der Waals surface area contributed by atoms with Gasteiger partial charge in [-0.05, 0) is 17.7 Å². The lowest BCUT2D eigenvalue weighted by atomic mass is 10.0. The highest BCUT2D eigenvalue weighted by atomic mass is 16.5. The molecule has 0 radical (unpaired) electrons. The second-order valence-corrected chi connectivity index (χ2v) is 4.85. The fourth-order valence-corrected chi connectivity index (χ4v) is 2.21. The number of allylic oxidation sites excluding steroid dienone is 1. The van der Waals surface area contributed by atoms with Gasteiger partial charge in [-0.15, -0.1) is 13.0 Å². The van der Waals surface area contributed by atoms with Gasteiger partial charge in [0.1, 0.15) is 6.61 Å². The van der Waals surface area contributed by atoms with E-state index in [1.54, 1.807) is 18.2 Å². The van der Waals surface area contributed by atoms with E-state index >= 15 is 0 Å². The second-order valence-electron chi connectivity index (χ2n) is 4.85. The van der Waals surface area contributed by atoms with Gasteiger partial charge in [0.25, 0.3) is 0 Å². The molecule has 0 atom stereocenters. The molecule has 2 rings (SSSR count). The van der Waals surface area contributed by atoms with Crippen molar-refractivity contribution >= 4 is 5.78 Å². The molecule has 0 amide bonds. The molecule has 116 valence electrons. The van der Waals surface area contributed by atoms with Crippen LogP contribution >= 0.6 is 0 Å². The fourth-order valence-electron chi connectivity index (χ4n) is 2.21. The van der Waals surface area contributed by atoms with Crippen molar-refractivity contribution in [3.63, 3.8) is 0 Å². The number of carbonyl (C=O) groups excluding carboxylic acids is 1. The highest BCUT2D eigenvalue weighted by Gasteiger charge is 2.18. The maximum Gasteiger partial charge on any atom is 0.177 e. The zero-order valence-corrected chi connectivity index (χ0v) is 13.0. The molecule has 0 aliphatic heterocycles. The molecule has 0 saturated heterocycles. The zero-order chi connectivity index (χ0) is 16.7. The van der Waals surface area contributed by atoms with Gasteiger partial charge in [0.05, 0.1) is 12.7 Å². The summed E-state index contributed by atoms with van der Waals surface area (Å²) in [5.41, 5.74) is 1.85. The maximum atomic E-state index is 12.2. The molecule has 23 heavy (non-hydrogen) atoms. The van der Waals surface area contributed by atoms with Crippen molar-refractivity contribution < 1.29 is 14.3 Å². The molecular formula is C20H18O3. The van der Waals surface area contributed by atoms with Crippen molar-refractivity contribution in [2.24, 2.45) is 0 Å². The number of benzene rings is 2. The summed E-state index contributed by atoms with van der Waals surface area (Å²) in [5.74, 6) is 3.37. The quantitative estimate of drug-likeness (QED) is 0.440. The Morgan fingerprint density at radius 1 is 1.26 bits per heavy atom. The van der Waals surface area contributed by atoms with Crippen LogP contribution in [0.1, 0.15) is 27.9 Å². The molecule has 0 saturated carbocycles. The number of ether oxygens (including phenoxy) is 2. The van der Waals surface area contributed by atoms with Gasteiger partial charge in [0.15, 0.2) is 17.3 Å². The lowest BCUT2D eigenvalue weighted by molar-refractivity contribution is 0.0995. The third-order valence-electron chi connectivity index (χ3n) is 3.34. The molecule has 2 aromatic carbocycles. The summed E-state index contributed by atoms with van der Waals surface area (Å²) < 4.78 is 11.2. The molecular weight excluding hydrogens is 288 g/mol. The number of Topliss-reactive ketones (excluding diaryl/α,β-unsaturated/α-hetero) is 1. The van der Waals surface area contributed by atoms with E-state index in [1.165, 1.54) is 7.11 Å². The monoisotopic (exact) mass is 306 g/mol. The van der Waals surface area contributed by atoms with Crippen LogP contribution in [0.5, 0.6) is 11.5 Å². The van der Waals surface area contributed by atoms with Crippen molar-refractivity contribution in [2.45, 2.75) is 13.0 Å². The van der Waals surface area contributed by atoms with E-state index < -0.39 is 0 Å². The van der Waals surface area contributed by atoms with Gasteiger partial charge in [-0.1, -0.05) is 42.3 Å². The van der Waals surface area contributed by atoms with E-state index in [9.17, 15) is 4.79 Å². The first-order chi connectivity index (χ1) is 11.2. The summed E-state index contributed by atoms with van der Waals surface area (Å²) >= 11 is 0. The molecule has 3 nitrogen and oxygen atoms in total. The van der Waals surface area contributed by atoms with Crippen molar-refractivity contribution in [1.29, 1.82) is 0 Å². The summed E-state index contributed by atoms with van der Waals surface area (Å²) in [7, 11) is 1.54. The van der Waals surface area contributed by atoms with Crippen LogP contribution < -0.4 is 9.47 Å². The number of methoxy groups -OCH3 is 1. The zero-order valence-electron chi connectivity index (χ0n) is 13.0. The Morgan fingerprint density at radius 2 is 2.00 bits per heavy atom. The van der Waals surface area contributed by atoms with Crippen LogP contribution in [0.4, 0.5) is 0 Å². The van der Waals surface area contributed by atoms with Crippen LogP contribution in [0.15, 0.2) is 55.1 Å². The van der Waals surface area contributed by atoms with E-state index in [2.05, 4.69) is 12.5 Å². The Labute approximate surface area is 136 Å². The predicted molar refractivity (Wildman–Crippen MR) is 90.8 cm³/mol. The van der Waals surface area contributed by atoms with E-state index in [1.807, 2.05) is 30.3 Å². The van der Waals surface area contributed by atoms with Crippen LogP contribution in [0.3, 0.4) is 0 Å². The molecule has 0 aromatic heterocycles. The fraction of sp³-hybridized carbons (Fsp3) is 0.150. The van der Waals surface area contributed by atoms with Gasteiger partial charge < -0.3 is 9.47 Å². The lowest BCUT2D eigenvalue weighted by Gasteiger charge is -2.15. The number of terminal acetylenes is 1. The standard InChI is InChI=1S/C20H18O3/c1-4-9-18(21)17-12-13-19(22-3)20(16(17)5-2)23-14-15-10-7-6-8-11-15/h2,4,6-8,10-13H,1,9,14H2,3H3. The largest absolute Gasteiger partial charge is 0.493 e. The first kappa shape index (κ1) is 16.4. The maximum absolute atomic E-state index is 12.2. The van der Waals surface area contributed by atoms with E-state index in [-0.39, 0.29) is 12.2 Å². The summed E-state index contributed by atoms with van der Waals surface area (Å²) in [5, 5.41) is 0. The Kier molecular flexibility index (Phi) is 5.60. The highest BCUT2D eigenvalue weighted by Crippen LogP contribution is 2.34. The molecule has 0 spiro atoms. The van der Waals surface area contributed by atoms with Crippen molar-refractivity contribution in [2.75, 3.05) is 7.11 Å². The van der Waals surface area contributed by atoms with Gasteiger partial charge in [0.2, 0.25) is 0 Å². The minimum absolute atomic E-state index is 0.0971. The van der Waals surface area contributed by atoms with Crippen LogP contribution in [-0.4, -0.2) is 12.9 Å². The van der Waals surface area contributed by atoms with Gasteiger partial charge in [-0.2, -0.15) is 0 Å². The highest BCUT2D eigenvalue weighted by molar-refractivity contribution is 6.00. The van der Waals surface area contributed by atoms with E-state index in [4.69, 9.17) is 15.9 Å². The minimum Gasteiger partial charge on any atom is -0.493 e. The Morgan fingerprint density at radius 3 is 2.61 bits per heavy atom. The first-order valence-corrected chi connectivity index (χ1v) is 7.19. The molecule has 3 heteroatoms. The summed E-state index contributed by atoms with van der Waals surface area (Å²) in [6.45, 7) is 3.92. The first-order valence-electron chi connectivity index (χ1n) is 7.19. The van der Waals surface area contributed by atoms with Crippen LogP contribution in [-0.2, 0) is 6.61 Å². The average molecular weight is 306 g/mol. The Hall–Kier alpha value is -2.99. The second kappa shape index (κ2) is 7.86. The predicted octanol–water partition coefficient (Wildman–Crippen LogP) is 4.01. The average Bonchev–Trinajstić information content (AvgIpc) is 2.60. The number of carbonyl (C=O) groups is 1. The van der Waals surface area contributed by atoms with Gasteiger partial charge in [-0.3, -0.25) is 4.79 Å². The van der Waals surface area contributed by atoms with Crippen LogP contribution in [0.2, 0.25) is 0 Å². The minimum atomic E-state index is -0.0971. The summed E-state index contributed by atoms with van der Waals surface area (Å²) in [6.07, 6.45) is 7.39. The van der Waals surface area contributed by atoms with Crippen LogP contribution in [0, 0.1) is 12.3 Å². The number of ketones is 1. The SMILES string of the molecule is C#Cc1c(C(=O)CC=C)ccc(OC)c1OCc1ccccc1. The summed E-state index contributed by atoms with van der Waals surface area (Å²) in [6, 6.07) is 13.1. The number of rotatable bonds is 7. The molecule has 0 bridgehead atoms. The van der Waals surface area contributed by atoms with Gasteiger partial charge in [-0.25, -0.2) is 0 Å². The molecule has 0 fully saturated rings. The molecule has 0 aliphatic rings. The molecule has 0 aliphatic carbocycles. The topological polar surface area (TPSA) is 35.5 Å². The lowest BCUT2D eigenvalue weighted by Crippen LogP contribution is -2.06. The Bertz CT molecular complexity index is 739. The molecule has 0 heterocycles. The Balaban J connectivity index is 2.39. The summed E-state index contributed by atoms with van der Waals surface area (Å²) in [4.78, 5) is 12.2. The van der Waals surface area contributed by atoms with E-state index in [0.717, 1.165) is 5.56 Å². The number of hydrogen-bond donors (Lipinski definition) is 0. The molecule has 0 N–H and O–H groups in total. The normalized spacial score (nSPS) is 9.74. The van der Waals surface area contributed by atoms with Crippen molar-refractivity contribution in [3.8, 4) is 23.8 Å². The molecule has 2 aromatic rings. The van der Waals surface area contributed by atoms with Gasteiger partial charge >= 0.3 is 0 Å². The van der Waals surface area contributed by atoms with Crippen LogP contribution in [0.25, 0.3) is 0 Å². The smallest absolute Gasteiger partial charge is 0.177 e. The third-order valence-corrected chi connectivity index (χ3v) is 3.34. The van der Waals surface area contributed by atoms with Gasteiger partial charge in [0, 0.05) is 12.0 Å². The molecule has 0 unspecified atom stereocenters. The number of hydrogen-bond acceptors (Lipinski definition) is 3.